The molecule has 1 unspecified atom stereocenters. The Labute approximate surface area is 150 Å². The number of nitrogens with zero attached hydrogens (tertiary/aromatic N) is 1. The summed E-state index contributed by atoms with van der Waals surface area (Å²) in [6, 6.07) is 5.28. The highest BCUT2D eigenvalue weighted by Gasteiger charge is 2.32. The third-order valence-corrected chi connectivity index (χ3v) is 7.29. The smallest absolute Gasteiger partial charge is 0.243 e. The molecule has 0 bridgehead atoms. The molecule has 1 fully saturated rings. The van der Waals surface area contributed by atoms with E-state index in [2.05, 4.69) is 10.0 Å². The summed E-state index contributed by atoms with van der Waals surface area (Å²) >= 11 is 0. The molecule has 10 heteroatoms. The van der Waals surface area contributed by atoms with Gasteiger partial charge < -0.3 is 5.32 Å². The van der Waals surface area contributed by atoms with Crippen molar-refractivity contribution >= 4 is 32.5 Å². The van der Waals surface area contributed by atoms with Crippen molar-refractivity contribution in [1.82, 2.24) is 14.3 Å². The summed E-state index contributed by atoms with van der Waals surface area (Å²) in [5.74, 6) is 0. The van der Waals surface area contributed by atoms with E-state index in [0.29, 0.717) is 13.1 Å². The van der Waals surface area contributed by atoms with Crippen LogP contribution in [0.1, 0.15) is 19.8 Å². The molecular formula is C14H24ClN3O4S2. The summed E-state index contributed by atoms with van der Waals surface area (Å²) < 4.78 is 52.9. The van der Waals surface area contributed by atoms with Gasteiger partial charge in [0.05, 0.1) is 9.79 Å². The maximum absolute atomic E-state index is 12.9. The quantitative estimate of drug-likeness (QED) is 0.708. The van der Waals surface area contributed by atoms with Crippen LogP contribution >= 0.6 is 12.4 Å². The molecule has 0 spiro atoms. The van der Waals surface area contributed by atoms with E-state index in [1.165, 1.54) is 35.6 Å². The highest BCUT2D eigenvalue weighted by molar-refractivity contribution is 7.89. The largest absolute Gasteiger partial charge is 0.315 e. The zero-order valence-corrected chi connectivity index (χ0v) is 16.2. The Morgan fingerprint density at radius 1 is 1.17 bits per heavy atom. The van der Waals surface area contributed by atoms with Crippen molar-refractivity contribution in [1.29, 1.82) is 0 Å². The van der Waals surface area contributed by atoms with Gasteiger partial charge in [-0.2, -0.15) is 4.31 Å². The minimum absolute atomic E-state index is 0. The highest BCUT2D eigenvalue weighted by Crippen LogP contribution is 2.22. The van der Waals surface area contributed by atoms with Crippen LogP contribution in [0.4, 0.5) is 0 Å². The van der Waals surface area contributed by atoms with E-state index in [-0.39, 0.29) is 28.2 Å². The van der Waals surface area contributed by atoms with Gasteiger partial charge in [-0.1, -0.05) is 6.92 Å². The first-order valence-corrected chi connectivity index (χ1v) is 10.5. The van der Waals surface area contributed by atoms with Crippen LogP contribution in [0.3, 0.4) is 0 Å². The number of rotatable bonds is 7. The number of halogens is 1. The molecule has 1 aromatic carbocycles. The maximum atomic E-state index is 12.9. The summed E-state index contributed by atoms with van der Waals surface area (Å²) in [6.07, 6.45) is 1.51. The molecule has 2 rings (SSSR count). The standard InChI is InChI=1S/C14H23N3O4S2.ClH/c1-3-10-17(12-8-9-16-11-12)23(20,21)14-6-4-13(5-7-14)22(18,19)15-2;/h4-7,12,15-16H,3,8-11H2,1-2H3;1H. The fraction of sp³-hybridized carbons (Fsp3) is 0.571. The summed E-state index contributed by atoms with van der Waals surface area (Å²) in [6.45, 7) is 3.84. The molecule has 7 nitrogen and oxygen atoms in total. The van der Waals surface area contributed by atoms with Gasteiger partial charge in [-0.15, -0.1) is 12.4 Å². The molecule has 1 saturated heterocycles. The summed E-state index contributed by atoms with van der Waals surface area (Å²) in [4.78, 5) is 0.163. The molecule has 1 aliphatic heterocycles. The van der Waals surface area contributed by atoms with Crippen LogP contribution in [-0.4, -0.2) is 53.9 Å². The molecule has 1 atom stereocenters. The third-order valence-electron chi connectivity index (χ3n) is 3.89. The third kappa shape index (κ3) is 4.47. The molecule has 2 N–H and O–H groups in total. The monoisotopic (exact) mass is 397 g/mol. The predicted molar refractivity (Wildman–Crippen MR) is 95.4 cm³/mol. The number of sulfonamides is 2. The van der Waals surface area contributed by atoms with Crippen molar-refractivity contribution in [3.05, 3.63) is 24.3 Å². The number of benzene rings is 1. The number of hydrogen-bond acceptors (Lipinski definition) is 5. The van der Waals surface area contributed by atoms with E-state index >= 15 is 0 Å². The van der Waals surface area contributed by atoms with Crippen LogP contribution in [0.25, 0.3) is 0 Å². The summed E-state index contributed by atoms with van der Waals surface area (Å²) in [7, 11) is -5.90. The van der Waals surface area contributed by atoms with Crippen molar-refractivity contribution < 1.29 is 16.8 Å². The van der Waals surface area contributed by atoms with Crippen molar-refractivity contribution in [2.75, 3.05) is 26.7 Å². The van der Waals surface area contributed by atoms with Crippen LogP contribution in [0, 0.1) is 0 Å². The Morgan fingerprint density at radius 3 is 2.21 bits per heavy atom. The molecule has 0 aliphatic carbocycles. The second-order valence-corrected chi connectivity index (χ2v) is 9.22. The van der Waals surface area contributed by atoms with Gasteiger partial charge in [0.1, 0.15) is 0 Å². The second-order valence-electron chi connectivity index (χ2n) is 5.44. The van der Waals surface area contributed by atoms with Crippen LogP contribution in [0.15, 0.2) is 34.1 Å². The van der Waals surface area contributed by atoms with Crippen LogP contribution in [-0.2, 0) is 20.0 Å². The van der Waals surface area contributed by atoms with Crippen LogP contribution < -0.4 is 10.0 Å². The molecule has 138 valence electrons. The first-order chi connectivity index (χ1) is 10.8. The van der Waals surface area contributed by atoms with E-state index in [9.17, 15) is 16.8 Å². The maximum Gasteiger partial charge on any atom is 0.243 e. The average Bonchev–Trinajstić information content (AvgIpc) is 3.06. The lowest BCUT2D eigenvalue weighted by molar-refractivity contribution is 0.335. The minimum Gasteiger partial charge on any atom is -0.315 e. The fourth-order valence-electron chi connectivity index (χ4n) is 2.65. The van der Waals surface area contributed by atoms with Crippen molar-refractivity contribution in [2.45, 2.75) is 35.6 Å². The lowest BCUT2D eigenvalue weighted by Crippen LogP contribution is -2.42. The van der Waals surface area contributed by atoms with Gasteiger partial charge in [-0.05, 0) is 50.7 Å². The Bertz CT molecular complexity index is 730. The lowest BCUT2D eigenvalue weighted by Gasteiger charge is -2.27. The molecule has 0 radical (unpaired) electrons. The van der Waals surface area contributed by atoms with Gasteiger partial charge in [0.15, 0.2) is 0 Å². The average molecular weight is 398 g/mol. The fourth-order valence-corrected chi connectivity index (χ4v) is 5.12. The molecule has 0 saturated carbocycles. The first-order valence-electron chi connectivity index (χ1n) is 7.59. The Hall–Kier alpha value is -0.710. The van der Waals surface area contributed by atoms with E-state index in [1.807, 2.05) is 6.92 Å². The van der Waals surface area contributed by atoms with E-state index < -0.39 is 20.0 Å². The second kappa shape index (κ2) is 8.59. The van der Waals surface area contributed by atoms with Gasteiger partial charge in [0.2, 0.25) is 20.0 Å². The topological polar surface area (TPSA) is 95.6 Å². The SMILES string of the molecule is CCCN(C1CCNC1)S(=O)(=O)c1ccc(S(=O)(=O)NC)cc1.Cl. The lowest BCUT2D eigenvalue weighted by atomic mass is 10.2. The molecule has 1 aromatic rings. The van der Waals surface area contributed by atoms with Crippen LogP contribution in [0.5, 0.6) is 0 Å². The first kappa shape index (κ1) is 21.3. The van der Waals surface area contributed by atoms with Gasteiger partial charge >= 0.3 is 0 Å². The van der Waals surface area contributed by atoms with Crippen molar-refractivity contribution in [3.63, 3.8) is 0 Å². The molecular weight excluding hydrogens is 374 g/mol. The Morgan fingerprint density at radius 2 is 1.75 bits per heavy atom. The Balaban J connectivity index is 0.00000288. The van der Waals surface area contributed by atoms with E-state index in [0.717, 1.165) is 19.4 Å². The van der Waals surface area contributed by atoms with Crippen molar-refractivity contribution in [2.24, 2.45) is 0 Å². The number of nitrogens with one attached hydrogen (secondary N) is 2. The van der Waals surface area contributed by atoms with Gasteiger partial charge in [-0.3, -0.25) is 0 Å². The molecule has 1 heterocycles. The van der Waals surface area contributed by atoms with E-state index in [4.69, 9.17) is 0 Å². The highest BCUT2D eigenvalue weighted by atomic mass is 35.5. The molecule has 0 aromatic heterocycles. The van der Waals surface area contributed by atoms with Gasteiger partial charge in [0, 0.05) is 19.1 Å². The number of hydrogen-bond donors (Lipinski definition) is 2. The van der Waals surface area contributed by atoms with Crippen molar-refractivity contribution in [3.8, 4) is 0 Å². The summed E-state index contributed by atoms with van der Waals surface area (Å²) in [5, 5.41) is 3.18. The zero-order valence-electron chi connectivity index (χ0n) is 13.7. The van der Waals surface area contributed by atoms with Gasteiger partial charge in [0.25, 0.3) is 0 Å². The van der Waals surface area contributed by atoms with E-state index in [1.54, 1.807) is 0 Å². The Kier molecular flexibility index (Phi) is 7.64. The molecule has 0 amide bonds. The van der Waals surface area contributed by atoms with Gasteiger partial charge in [-0.25, -0.2) is 21.6 Å². The molecule has 24 heavy (non-hydrogen) atoms. The molecule has 1 aliphatic rings. The predicted octanol–water partition coefficient (Wildman–Crippen LogP) is 0.779. The summed E-state index contributed by atoms with van der Waals surface area (Å²) in [5.41, 5.74) is 0. The normalized spacial score (nSPS) is 18.5. The minimum atomic E-state index is -3.64. The van der Waals surface area contributed by atoms with Crippen LogP contribution in [0.2, 0.25) is 0 Å². The zero-order chi connectivity index (χ0) is 17.1.